The lowest BCUT2D eigenvalue weighted by Crippen LogP contribution is -1.97. The molecular weight excluding hydrogens is 150 g/mol. The number of rotatable bonds is 1. The number of hydrogen-bond donors (Lipinski definition) is 1. The summed E-state index contributed by atoms with van der Waals surface area (Å²) >= 11 is -2.95. The molecule has 0 fully saturated rings. The number of hydrogen-bond acceptors (Lipinski definition) is 1. The van der Waals surface area contributed by atoms with Crippen molar-refractivity contribution in [3.8, 4) is 0 Å². The fourth-order valence-corrected chi connectivity index (χ4v) is 0. The van der Waals surface area contributed by atoms with Gasteiger partial charge in [-0.2, -0.15) is 8.78 Å². The van der Waals surface area contributed by atoms with Crippen molar-refractivity contribution >= 4 is 23.5 Å². The minimum atomic E-state index is -3.12. The predicted octanol–water partition coefficient (Wildman–Crippen LogP) is 0.853. The van der Waals surface area contributed by atoms with Crippen LogP contribution in [0.5, 0.6) is 0 Å². The van der Waals surface area contributed by atoms with Crippen molar-refractivity contribution in [3.63, 3.8) is 0 Å². The van der Waals surface area contributed by atoms with Gasteiger partial charge in [-0.3, -0.25) is 0 Å². The summed E-state index contributed by atoms with van der Waals surface area (Å²) in [7, 11) is 0. The second kappa shape index (κ2) is 4.42. The van der Waals surface area contributed by atoms with Gasteiger partial charge in [0, 0.05) is 0 Å². The number of alkyl halides is 2. The van der Waals surface area contributed by atoms with E-state index in [4.69, 9.17) is 8.76 Å². The molecule has 0 aliphatic carbocycles. The topological polar surface area (TPSA) is 37.3 Å². The minimum Gasteiger partial charge on any atom is -0.302 e. The van der Waals surface area contributed by atoms with Crippen LogP contribution in [0.25, 0.3) is 0 Å². The van der Waals surface area contributed by atoms with Gasteiger partial charge in [-0.1, -0.05) is 0 Å². The van der Waals surface area contributed by atoms with Gasteiger partial charge in [0.1, 0.15) is 0 Å². The monoisotopic (exact) mass is 152 g/mol. The molecule has 46 valence electrons. The molecule has 0 aromatic heterocycles. The Bertz CT molecular complexity index is 66.7. The highest BCUT2D eigenvalue weighted by Crippen LogP contribution is 1.93. The first-order valence-corrected chi connectivity index (χ1v) is 2.19. The molecule has 0 bridgehead atoms. The maximum atomic E-state index is 10.6. The minimum absolute atomic E-state index is 0. The Morgan fingerprint density at radius 3 is 1.71 bits per heavy atom. The smallest absolute Gasteiger partial charge is 0.302 e. The van der Waals surface area contributed by atoms with E-state index >= 15 is 0 Å². The zero-order valence-corrected chi connectivity index (χ0v) is 4.64. The fraction of sp³-hybridized carbons (Fsp3) is 1.00. The van der Waals surface area contributed by atoms with Gasteiger partial charge in [0.05, 0.1) is 0 Å². The molecule has 1 unspecified atom stereocenters. The maximum absolute atomic E-state index is 10.6. The highest BCUT2D eigenvalue weighted by molar-refractivity contribution is 7.79. The maximum Gasteiger partial charge on any atom is 0.336 e. The Morgan fingerprint density at radius 2 is 1.71 bits per heavy atom. The zero-order valence-electron chi connectivity index (χ0n) is 3.01. The first kappa shape index (κ1) is 10.3. The van der Waals surface area contributed by atoms with Crippen molar-refractivity contribution in [1.29, 1.82) is 0 Å². The Balaban J connectivity index is 0. The van der Waals surface area contributed by atoms with Crippen LogP contribution in [-0.2, 0) is 11.1 Å². The van der Waals surface area contributed by atoms with Crippen LogP contribution in [0.2, 0.25) is 0 Å². The summed E-state index contributed by atoms with van der Waals surface area (Å²) in [5.74, 6) is -3.12. The van der Waals surface area contributed by atoms with Crippen molar-refractivity contribution < 1.29 is 17.5 Å². The van der Waals surface area contributed by atoms with Crippen LogP contribution >= 0.6 is 12.4 Å². The highest BCUT2D eigenvalue weighted by atomic mass is 35.5. The standard InChI is InChI=1S/CH2F2O2S.ClH/c2-1(3)6(4)5;/h1H,(H,4,5);1H. The van der Waals surface area contributed by atoms with Crippen LogP contribution in [0.3, 0.4) is 0 Å². The second-order valence-electron chi connectivity index (χ2n) is 0.537. The summed E-state index contributed by atoms with van der Waals surface area (Å²) in [5, 5.41) is 0. The van der Waals surface area contributed by atoms with Crippen molar-refractivity contribution in [2.45, 2.75) is 5.76 Å². The first-order chi connectivity index (χ1) is 2.64. The largest absolute Gasteiger partial charge is 0.336 e. The van der Waals surface area contributed by atoms with Crippen molar-refractivity contribution in [3.05, 3.63) is 0 Å². The molecule has 1 N–H and O–H groups in total. The predicted molar refractivity (Wildman–Crippen MR) is 24.0 cm³/mol. The van der Waals surface area contributed by atoms with Crippen molar-refractivity contribution in [2.75, 3.05) is 0 Å². The molecule has 0 aliphatic heterocycles. The van der Waals surface area contributed by atoms with Gasteiger partial charge in [-0.15, -0.1) is 12.4 Å². The van der Waals surface area contributed by atoms with Gasteiger partial charge < -0.3 is 4.55 Å². The molecule has 1 atom stereocenters. The van der Waals surface area contributed by atoms with Crippen LogP contribution < -0.4 is 0 Å². The quantitative estimate of drug-likeness (QED) is 0.566. The van der Waals surface area contributed by atoms with E-state index in [9.17, 15) is 8.78 Å². The van der Waals surface area contributed by atoms with E-state index in [1.54, 1.807) is 0 Å². The molecule has 0 saturated heterocycles. The normalized spacial score (nSPS) is 13.1. The highest BCUT2D eigenvalue weighted by Gasteiger charge is 2.06. The summed E-state index contributed by atoms with van der Waals surface area (Å²) in [4.78, 5) is 0. The van der Waals surface area contributed by atoms with E-state index in [0.717, 1.165) is 0 Å². The molecule has 0 aromatic carbocycles. The third kappa shape index (κ3) is 6.26. The summed E-state index contributed by atoms with van der Waals surface area (Å²) in [5.41, 5.74) is 0. The molecule has 0 spiro atoms. The molecule has 0 rings (SSSR count). The summed E-state index contributed by atoms with van der Waals surface area (Å²) < 4.78 is 37.6. The van der Waals surface area contributed by atoms with E-state index in [-0.39, 0.29) is 12.4 Å². The Morgan fingerprint density at radius 1 is 1.57 bits per heavy atom. The summed E-state index contributed by atoms with van der Waals surface area (Å²) in [6.45, 7) is 0. The lowest BCUT2D eigenvalue weighted by Gasteiger charge is -1.82. The van der Waals surface area contributed by atoms with Gasteiger partial charge in [0.2, 0.25) is 11.1 Å². The van der Waals surface area contributed by atoms with Crippen LogP contribution in [0.1, 0.15) is 0 Å². The van der Waals surface area contributed by atoms with E-state index in [1.165, 1.54) is 0 Å². The SMILES string of the molecule is Cl.O=S(O)C(F)F. The molecule has 0 aromatic rings. The summed E-state index contributed by atoms with van der Waals surface area (Å²) in [6, 6.07) is 0. The molecule has 2 nitrogen and oxygen atoms in total. The van der Waals surface area contributed by atoms with Crippen LogP contribution in [-0.4, -0.2) is 14.5 Å². The lowest BCUT2D eigenvalue weighted by atomic mass is 11.7. The summed E-state index contributed by atoms with van der Waals surface area (Å²) in [6.07, 6.45) is 0. The Labute approximate surface area is 47.6 Å². The van der Waals surface area contributed by atoms with Crippen molar-refractivity contribution in [1.82, 2.24) is 0 Å². The molecular formula is CH3ClF2O2S. The average Bonchev–Trinajstić information content (AvgIpc) is 1.36. The van der Waals surface area contributed by atoms with E-state index < -0.39 is 16.8 Å². The van der Waals surface area contributed by atoms with Gasteiger partial charge in [-0.25, -0.2) is 4.21 Å². The van der Waals surface area contributed by atoms with Crippen LogP contribution in [0, 0.1) is 0 Å². The van der Waals surface area contributed by atoms with Gasteiger partial charge >= 0.3 is 5.76 Å². The Hall–Kier alpha value is 0.260. The molecule has 0 radical (unpaired) electrons. The molecule has 7 heavy (non-hydrogen) atoms. The van der Waals surface area contributed by atoms with Crippen LogP contribution in [0.4, 0.5) is 8.78 Å². The van der Waals surface area contributed by atoms with E-state index in [0.29, 0.717) is 0 Å². The van der Waals surface area contributed by atoms with Gasteiger partial charge in [-0.05, 0) is 0 Å². The number of halogens is 3. The first-order valence-electron chi connectivity index (χ1n) is 1.02. The lowest BCUT2D eigenvalue weighted by molar-refractivity contribution is 0.231. The van der Waals surface area contributed by atoms with Crippen molar-refractivity contribution in [2.24, 2.45) is 0 Å². The third-order valence-corrected chi connectivity index (χ3v) is 0.457. The zero-order chi connectivity index (χ0) is 5.15. The fourth-order valence-electron chi connectivity index (χ4n) is 0. The molecule has 6 heteroatoms. The molecule has 0 saturated carbocycles. The van der Waals surface area contributed by atoms with Gasteiger partial charge in [0.15, 0.2) is 0 Å². The second-order valence-corrected chi connectivity index (χ2v) is 1.45. The van der Waals surface area contributed by atoms with Crippen LogP contribution in [0.15, 0.2) is 0 Å². The molecule has 0 aliphatic rings. The van der Waals surface area contributed by atoms with Gasteiger partial charge in [0.25, 0.3) is 0 Å². The average molecular weight is 153 g/mol. The van der Waals surface area contributed by atoms with E-state index in [2.05, 4.69) is 0 Å². The molecule has 0 amide bonds. The molecule has 0 heterocycles. The third-order valence-electron chi connectivity index (χ3n) is 0.152. The Kier molecular flexibility index (Phi) is 6.49. The van der Waals surface area contributed by atoms with E-state index in [1.807, 2.05) is 0 Å².